The van der Waals surface area contributed by atoms with E-state index in [-0.39, 0.29) is 55.2 Å². The van der Waals surface area contributed by atoms with Crippen molar-refractivity contribution in [1.29, 1.82) is 0 Å². The standard InChI is InChI=1S/C47H65N7O15S.Na/c1-9-27(5)38-47(63)69-28(6)39(52-43(59)37(26(3)4)50-42(58)35(67-8)25-68-70(64,65)66)44(60)48-31(10-2)40(56)49-32-21-22-36(55)54(45(32)61)34(24-30-19-15-12-16-20-30)46(62)53(7)33(41(57)51-38)23-29-17-13-11-14-18-29;/h10-20,26-28,32-39,55H,9,21-25H2,1-8H3,(H,48,60)(H,49,56)(H,50,58)(H,51,57)(H,52,59)(H,64,65,66);/q;+1/p-1/b31-10-;/t27-,28+,32-,33-,34-,35+,36+,37-,38-,39-;/m0./s1. The summed E-state index contributed by atoms with van der Waals surface area (Å²) >= 11 is 0. The van der Waals surface area contributed by atoms with Crippen molar-refractivity contribution < 1.29 is 99.6 Å². The minimum absolute atomic E-state index is 0. The Kier molecular flexibility index (Phi) is 23.3. The molecule has 6 N–H and O–H groups in total. The van der Waals surface area contributed by atoms with Gasteiger partial charge >= 0.3 is 35.5 Å². The fraction of sp³-hybridized carbons (Fsp3) is 0.532. The van der Waals surface area contributed by atoms with Gasteiger partial charge in [-0.3, -0.25) is 37.7 Å². The molecule has 0 unspecified atom stereocenters. The van der Waals surface area contributed by atoms with Gasteiger partial charge in [0.1, 0.15) is 60.9 Å². The number of carbonyl (C=O) groups is 8. The fourth-order valence-corrected chi connectivity index (χ4v) is 8.23. The summed E-state index contributed by atoms with van der Waals surface area (Å²) in [6.07, 6.45) is -3.58. The van der Waals surface area contributed by atoms with E-state index in [0.29, 0.717) is 17.5 Å². The van der Waals surface area contributed by atoms with E-state index in [4.69, 9.17) is 9.47 Å². The fourth-order valence-electron chi connectivity index (χ4n) is 7.94. The van der Waals surface area contributed by atoms with Crippen molar-refractivity contribution in [2.24, 2.45) is 11.8 Å². The minimum Gasteiger partial charge on any atom is -0.726 e. The number of nitrogens with zero attached hydrogens (tertiary/aromatic N) is 2. The van der Waals surface area contributed by atoms with E-state index in [1.807, 2.05) is 0 Å². The van der Waals surface area contributed by atoms with Crippen molar-refractivity contribution >= 4 is 57.7 Å². The summed E-state index contributed by atoms with van der Waals surface area (Å²) in [4.78, 5) is 116. The molecule has 2 fully saturated rings. The first-order chi connectivity index (χ1) is 33.0. The van der Waals surface area contributed by atoms with Crippen molar-refractivity contribution in [2.75, 3.05) is 20.8 Å². The zero-order valence-corrected chi connectivity index (χ0v) is 44.2. The maximum Gasteiger partial charge on any atom is 1.00 e. The van der Waals surface area contributed by atoms with Crippen molar-refractivity contribution in [1.82, 2.24) is 36.4 Å². The second-order valence-corrected chi connectivity index (χ2v) is 18.6. The van der Waals surface area contributed by atoms with Crippen LogP contribution in [0.15, 0.2) is 72.4 Å². The number of fused-ring (bicyclic) bond motifs is 2. The zero-order valence-electron chi connectivity index (χ0n) is 41.4. The molecule has 384 valence electrons. The number of amides is 7. The molecule has 2 aromatic rings. The molecule has 2 aromatic carbocycles. The molecule has 10 atom stereocenters. The van der Waals surface area contributed by atoms with Crippen LogP contribution < -0.4 is 56.1 Å². The number of hydrogen-bond donors (Lipinski definition) is 6. The monoisotopic (exact) mass is 1020 g/mol. The summed E-state index contributed by atoms with van der Waals surface area (Å²) in [6.45, 7) is 8.09. The molecule has 71 heavy (non-hydrogen) atoms. The Labute approximate surface area is 436 Å². The van der Waals surface area contributed by atoms with E-state index >= 15 is 0 Å². The van der Waals surface area contributed by atoms with Gasteiger partial charge in [0.15, 0.2) is 6.10 Å². The van der Waals surface area contributed by atoms with Gasteiger partial charge < -0.3 is 55.5 Å². The van der Waals surface area contributed by atoms with Crippen LogP contribution in [0.5, 0.6) is 0 Å². The molecule has 2 aliphatic rings. The third-order valence-electron chi connectivity index (χ3n) is 12.3. The third kappa shape index (κ3) is 16.6. The van der Waals surface area contributed by atoms with E-state index < -0.39 is 137 Å². The molecule has 2 aliphatic heterocycles. The number of ether oxygens (including phenoxy) is 2. The number of rotatable bonds is 15. The van der Waals surface area contributed by atoms with E-state index in [2.05, 4.69) is 30.8 Å². The topological polar surface area (TPSA) is 308 Å². The van der Waals surface area contributed by atoms with Crippen molar-refractivity contribution in [3.05, 3.63) is 83.6 Å². The maximum absolute atomic E-state index is 15.0. The van der Waals surface area contributed by atoms with E-state index in [1.54, 1.807) is 74.5 Å². The number of methoxy groups -OCH3 is 1. The van der Waals surface area contributed by atoms with Crippen molar-refractivity contribution in [3.8, 4) is 0 Å². The quantitative estimate of drug-likeness (QED) is 0.0335. The number of nitrogens with one attached hydrogen (secondary N) is 5. The molecule has 22 nitrogen and oxygen atoms in total. The predicted molar refractivity (Wildman–Crippen MR) is 249 cm³/mol. The second kappa shape index (κ2) is 27.5. The molecule has 2 bridgehead atoms. The molecular weight excluding hydrogens is 958 g/mol. The minimum atomic E-state index is -5.23. The summed E-state index contributed by atoms with van der Waals surface area (Å²) in [7, 11) is -2.83. The first kappa shape index (κ1) is 60.0. The zero-order chi connectivity index (χ0) is 52.0. The number of likely N-dealkylation sites (N-methyl/N-ethyl adjacent to an activating group) is 1. The van der Waals surface area contributed by atoms with Crippen LogP contribution in [0.3, 0.4) is 0 Å². The molecule has 0 radical (unpaired) electrons. The number of benzene rings is 2. The van der Waals surface area contributed by atoms with Crippen LogP contribution in [-0.4, -0.2) is 151 Å². The molecule has 2 heterocycles. The van der Waals surface area contributed by atoms with E-state index in [0.717, 1.165) is 16.9 Å². The van der Waals surface area contributed by atoms with Gasteiger partial charge in [-0.2, -0.15) is 0 Å². The third-order valence-corrected chi connectivity index (χ3v) is 12.7. The Morgan fingerprint density at radius 3 is 2.00 bits per heavy atom. The van der Waals surface area contributed by atoms with Crippen LogP contribution in [0.4, 0.5) is 0 Å². The molecule has 0 spiro atoms. The maximum atomic E-state index is 15.0. The molecule has 2 saturated heterocycles. The summed E-state index contributed by atoms with van der Waals surface area (Å²) in [5, 5.41) is 24.1. The van der Waals surface area contributed by atoms with Crippen LogP contribution in [0.25, 0.3) is 0 Å². The molecule has 7 amide bonds. The summed E-state index contributed by atoms with van der Waals surface area (Å²) in [6, 6.07) is 8.64. The number of cyclic esters (lactones) is 1. The van der Waals surface area contributed by atoms with Crippen molar-refractivity contribution in [3.63, 3.8) is 0 Å². The number of aliphatic hydroxyl groups is 1. The average Bonchev–Trinajstić information content (AvgIpc) is 3.32. The van der Waals surface area contributed by atoms with Crippen LogP contribution in [-0.2, 0) is 75.3 Å². The number of allylic oxidation sites excluding steroid dienone is 1. The van der Waals surface area contributed by atoms with Crippen LogP contribution in [0, 0.1) is 11.8 Å². The first-order valence-corrected chi connectivity index (χ1v) is 24.2. The van der Waals surface area contributed by atoms with Gasteiger partial charge in [-0.05, 0) is 49.7 Å². The SMILES string of the molecule is C/C=C1\NC(=O)[C@@H](NC(=O)[C@@H](NC(=O)[C@@H](COS(=O)(=O)[O-])OC)C(C)C)[C@@H](C)OC(=O)[C@H]([C@@H](C)CC)NC(=O)[C@H](Cc2ccccc2)N(C)C(=O)[C@H](Cc2ccccc2)N2C(=O)[C@H](CC[C@H]2O)NC1=O.[Na+]. The first-order valence-electron chi connectivity index (χ1n) is 22.9. The Morgan fingerprint density at radius 1 is 0.901 bits per heavy atom. The van der Waals surface area contributed by atoms with Crippen LogP contribution >= 0.6 is 0 Å². The van der Waals surface area contributed by atoms with Gasteiger partial charge in [0, 0.05) is 27.0 Å². The van der Waals surface area contributed by atoms with Gasteiger partial charge in [-0.15, -0.1) is 0 Å². The Morgan fingerprint density at radius 2 is 1.48 bits per heavy atom. The van der Waals surface area contributed by atoms with Crippen LogP contribution in [0.1, 0.15) is 71.9 Å². The summed E-state index contributed by atoms with van der Waals surface area (Å²) < 4.78 is 48.3. The van der Waals surface area contributed by atoms with Gasteiger partial charge in [-0.25, -0.2) is 13.2 Å². The van der Waals surface area contributed by atoms with Gasteiger partial charge in [-0.1, -0.05) is 101 Å². The Bertz CT molecular complexity index is 2340. The summed E-state index contributed by atoms with van der Waals surface area (Å²) in [5.41, 5.74) is 0.831. The second-order valence-electron chi connectivity index (χ2n) is 17.5. The number of hydrogen-bond acceptors (Lipinski definition) is 15. The van der Waals surface area contributed by atoms with Gasteiger partial charge in [0.2, 0.25) is 34.0 Å². The predicted octanol–water partition coefficient (Wildman–Crippen LogP) is -3.29. The van der Waals surface area contributed by atoms with Crippen LogP contribution in [0.2, 0.25) is 0 Å². The number of carbonyl (C=O) groups excluding carboxylic acids is 8. The normalized spacial score (nSPS) is 24.9. The van der Waals surface area contributed by atoms with E-state index in [1.165, 1.54) is 40.8 Å². The molecule has 0 aromatic heterocycles. The molecule has 0 saturated carbocycles. The molecule has 0 aliphatic carbocycles. The number of esters is 1. The largest absolute Gasteiger partial charge is 1.00 e. The Hall–Kier alpha value is -5.27. The van der Waals surface area contributed by atoms with Crippen molar-refractivity contribution in [2.45, 2.75) is 128 Å². The average molecular weight is 1020 g/mol. The molecule has 4 rings (SSSR count). The van der Waals surface area contributed by atoms with Gasteiger partial charge in [0.25, 0.3) is 17.7 Å². The molecular formula is C47H64N7NaO15S. The number of aliphatic hydroxyl groups excluding tert-OH is 1. The van der Waals surface area contributed by atoms with E-state index in [9.17, 15) is 56.4 Å². The smallest absolute Gasteiger partial charge is 0.726 e. The number of piperidine rings is 1. The van der Waals surface area contributed by atoms with Gasteiger partial charge in [0.05, 0.1) is 0 Å². The molecule has 24 heteroatoms. The Balaban J connectivity index is 0.0000133. The summed E-state index contributed by atoms with van der Waals surface area (Å²) in [5.74, 6) is -8.93.